The molecule has 1 aliphatic heterocycles. The highest BCUT2D eigenvalue weighted by atomic mass is 16.5. The summed E-state index contributed by atoms with van der Waals surface area (Å²) in [6.45, 7) is 3.87. The van der Waals surface area contributed by atoms with Crippen LogP contribution in [0.3, 0.4) is 0 Å². The molecule has 156 valence electrons. The van der Waals surface area contributed by atoms with Crippen LogP contribution in [0.2, 0.25) is 0 Å². The van der Waals surface area contributed by atoms with Crippen molar-refractivity contribution in [3.8, 4) is 28.7 Å². The number of carbonyl (C=O) groups excluding carboxylic acids is 1. The maximum absolute atomic E-state index is 13.1. The number of benzene rings is 2. The third-order valence-electron chi connectivity index (χ3n) is 5.36. The summed E-state index contributed by atoms with van der Waals surface area (Å²) in [5, 5.41) is 0. The SMILES string of the molecule is COc1ccc(C2N(c3cc(OC)c(OC)c(OC)c3)C(=O)C2(C)C)cc1OC. The first-order chi connectivity index (χ1) is 13.8. The van der Waals surface area contributed by atoms with Crippen molar-refractivity contribution in [2.75, 3.05) is 40.4 Å². The Labute approximate surface area is 171 Å². The van der Waals surface area contributed by atoms with E-state index in [1.165, 1.54) is 0 Å². The van der Waals surface area contributed by atoms with Crippen LogP contribution < -0.4 is 28.6 Å². The first kappa shape index (κ1) is 20.6. The van der Waals surface area contributed by atoms with Crippen molar-refractivity contribution < 1.29 is 28.5 Å². The number of hydrogen-bond donors (Lipinski definition) is 0. The van der Waals surface area contributed by atoms with Crippen molar-refractivity contribution in [3.63, 3.8) is 0 Å². The molecule has 1 heterocycles. The second kappa shape index (κ2) is 7.73. The first-order valence-electron chi connectivity index (χ1n) is 9.19. The minimum absolute atomic E-state index is 0.00607. The van der Waals surface area contributed by atoms with Gasteiger partial charge in [0.2, 0.25) is 11.7 Å². The third kappa shape index (κ3) is 3.20. The van der Waals surface area contributed by atoms with Crippen molar-refractivity contribution >= 4 is 11.6 Å². The maximum atomic E-state index is 13.1. The van der Waals surface area contributed by atoms with Crippen molar-refractivity contribution in [3.05, 3.63) is 35.9 Å². The highest BCUT2D eigenvalue weighted by Gasteiger charge is 2.55. The average Bonchev–Trinajstić information content (AvgIpc) is 2.75. The van der Waals surface area contributed by atoms with E-state index in [0.29, 0.717) is 34.4 Å². The molecule has 0 spiro atoms. The van der Waals surface area contributed by atoms with E-state index in [2.05, 4.69) is 0 Å². The van der Waals surface area contributed by atoms with E-state index in [1.54, 1.807) is 52.6 Å². The number of nitrogens with zero attached hydrogens (tertiary/aromatic N) is 1. The Hall–Kier alpha value is -3.09. The van der Waals surface area contributed by atoms with Gasteiger partial charge in [0.15, 0.2) is 23.0 Å². The summed E-state index contributed by atoms with van der Waals surface area (Å²) < 4.78 is 27.1. The normalized spacial score (nSPS) is 17.4. The minimum atomic E-state index is -0.583. The highest BCUT2D eigenvalue weighted by Crippen LogP contribution is 2.54. The second-order valence-electron chi connectivity index (χ2n) is 7.30. The molecular weight excluding hydrogens is 374 g/mol. The quantitative estimate of drug-likeness (QED) is 0.657. The number of β-lactam (4-membered cyclic amide) rings is 1. The van der Waals surface area contributed by atoms with Crippen molar-refractivity contribution in [2.45, 2.75) is 19.9 Å². The van der Waals surface area contributed by atoms with Gasteiger partial charge in [0.05, 0.1) is 52.7 Å². The van der Waals surface area contributed by atoms with Gasteiger partial charge in [-0.3, -0.25) is 4.79 Å². The van der Waals surface area contributed by atoms with Crippen LogP contribution in [0.15, 0.2) is 30.3 Å². The monoisotopic (exact) mass is 401 g/mol. The van der Waals surface area contributed by atoms with Crippen LogP contribution in [-0.2, 0) is 4.79 Å². The molecule has 2 aromatic rings. The van der Waals surface area contributed by atoms with Crippen LogP contribution >= 0.6 is 0 Å². The lowest BCUT2D eigenvalue weighted by molar-refractivity contribution is -0.137. The Morgan fingerprint density at radius 2 is 1.31 bits per heavy atom. The van der Waals surface area contributed by atoms with Crippen LogP contribution in [0.25, 0.3) is 0 Å². The van der Waals surface area contributed by atoms with E-state index in [-0.39, 0.29) is 11.9 Å². The van der Waals surface area contributed by atoms with Gasteiger partial charge in [-0.2, -0.15) is 0 Å². The Balaban J connectivity index is 2.11. The lowest BCUT2D eigenvalue weighted by Crippen LogP contribution is -2.61. The van der Waals surface area contributed by atoms with Gasteiger partial charge in [0.1, 0.15) is 0 Å². The summed E-state index contributed by atoms with van der Waals surface area (Å²) in [7, 11) is 7.83. The molecule has 3 rings (SSSR count). The molecule has 0 aromatic heterocycles. The third-order valence-corrected chi connectivity index (χ3v) is 5.36. The summed E-state index contributed by atoms with van der Waals surface area (Å²) in [5.74, 6) is 2.72. The van der Waals surface area contributed by atoms with Gasteiger partial charge in [-0.15, -0.1) is 0 Å². The summed E-state index contributed by atoms with van der Waals surface area (Å²) in [4.78, 5) is 14.8. The average molecular weight is 401 g/mol. The molecule has 1 aliphatic rings. The molecule has 2 aromatic carbocycles. The highest BCUT2D eigenvalue weighted by molar-refractivity contribution is 6.06. The van der Waals surface area contributed by atoms with E-state index in [9.17, 15) is 4.79 Å². The number of ether oxygens (including phenoxy) is 5. The maximum Gasteiger partial charge on any atom is 0.235 e. The van der Waals surface area contributed by atoms with Crippen molar-refractivity contribution in [2.24, 2.45) is 5.41 Å². The summed E-state index contributed by atoms with van der Waals surface area (Å²) in [5.41, 5.74) is 1.03. The molecule has 7 nitrogen and oxygen atoms in total. The topological polar surface area (TPSA) is 66.5 Å². The fraction of sp³-hybridized carbons (Fsp3) is 0.409. The molecule has 0 aliphatic carbocycles. The van der Waals surface area contributed by atoms with Gasteiger partial charge in [0, 0.05) is 12.1 Å². The summed E-state index contributed by atoms with van der Waals surface area (Å²) in [6.07, 6.45) is 0. The van der Waals surface area contributed by atoms with E-state index < -0.39 is 5.41 Å². The molecule has 1 unspecified atom stereocenters. The second-order valence-corrected chi connectivity index (χ2v) is 7.30. The Bertz CT molecular complexity index is 899. The lowest BCUT2D eigenvalue weighted by Gasteiger charge is -2.53. The number of carbonyl (C=O) groups is 1. The Kier molecular flexibility index (Phi) is 5.50. The van der Waals surface area contributed by atoms with Gasteiger partial charge in [-0.05, 0) is 31.5 Å². The van der Waals surface area contributed by atoms with E-state index in [1.807, 2.05) is 32.0 Å². The standard InChI is InChI=1S/C22H27NO6/c1-22(2)20(13-8-9-15(25-3)16(10-13)26-4)23(21(22)24)14-11-17(27-5)19(29-7)18(12-14)28-6/h8-12,20H,1-7H3. The van der Waals surface area contributed by atoms with E-state index in [0.717, 1.165) is 5.56 Å². The van der Waals surface area contributed by atoms with Gasteiger partial charge in [-0.1, -0.05) is 6.07 Å². The molecule has 29 heavy (non-hydrogen) atoms. The number of hydrogen-bond acceptors (Lipinski definition) is 6. The van der Waals surface area contributed by atoms with E-state index >= 15 is 0 Å². The number of anilines is 1. The molecule has 0 radical (unpaired) electrons. The van der Waals surface area contributed by atoms with Crippen LogP contribution in [0.4, 0.5) is 5.69 Å². The zero-order valence-corrected chi connectivity index (χ0v) is 17.9. The number of amides is 1. The lowest BCUT2D eigenvalue weighted by atomic mass is 9.70. The van der Waals surface area contributed by atoms with Crippen molar-refractivity contribution in [1.82, 2.24) is 0 Å². The molecular formula is C22H27NO6. The van der Waals surface area contributed by atoms with Gasteiger partial charge in [-0.25, -0.2) is 0 Å². The Morgan fingerprint density at radius 1 is 0.759 bits per heavy atom. The zero-order chi connectivity index (χ0) is 21.3. The molecule has 7 heteroatoms. The molecule has 1 fully saturated rings. The predicted molar refractivity (Wildman–Crippen MR) is 110 cm³/mol. The predicted octanol–water partition coefficient (Wildman–Crippen LogP) is 3.84. The Morgan fingerprint density at radius 3 is 1.79 bits per heavy atom. The molecule has 0 bridgehead atoms. The molecule has 1 amide bonds. The summed E-state index contributed by atoms with van der Waals surface area (Å²) >= 11 is 0. The summed E-state index contributed by atoms with van der Waals surface area (Å²) in [6, 6.07) is 9.07. The van der Waals surface area contributed by atoms with Crippen molar-refractivity contribution in [1.29, 1.82) is 0 Å². The molecule has 0 saturated carbocycles. The van der Waals surface area contributed by atoms with Crippen LogP contribution in [0.5, 0.6) is 28.7 Å². The van der Waals surface area contributed by atoms with Gasteiger partial charge >= 0.3 is 0 Å². The zero-order valence-electron chi connectivity index (χ0n) is 17.9. The van der Waals surface area contributed by atoms with E-state index in [4.69, 9.17) is 23.7 Å². The van der Waals surface area contributed by atoms with Crippen LogP contribution in [0, 0.1) is 5.41 Å². The number of methoxy groups -OCH3 is 5. The fourth-order valence-electron chi connectivity index (χ4n) is 3.86. The fourth-order valence-corrected chi connectivity index (χ4v) is 3.86. The van der Waals surface area contributed by atoms with Crippen LogP contribution in [-0.4, -0.2) is 41.5 Å². The smallest absolute Gasteiger partial charge is 0.235 e. The molecule has 0 N–H and O–H groups in total. The van der Waals surface area contributed by atoms with Crippen LogP contribution in [0.1, 0.15) is 25.5 Å². The minimum Gasteiger partial charge on any atom is -0.493 e. The molecule has 1 saturated heterocycles. The first-order valence-corrected chi connectivity index (χ1v) is 9.19. The van der Waals surface area contributed by atoms with Gasteiger partial charge in [0.25, 0.3) is 0 Å². The largest absolute Gasteiger partial charge is 0.493 e. The molecule has 1 atom stereocenters. The number of rotatable bonds is 7. The van der Waals surface area contributed by atoms with Gasteiger partial charge < -0.3 is 28.6 Å².